The van der Waals surface area contributed by atoms with Crippen LogP contribution in [0.3, 0.4) is 0 Å². The fourth-order valence-corrected chi connectivity index (χ4v) is 7.29. The van der Waals surface area contributed by atoms with Crippen molar-refractivity contribution in [1.82, 2.24) is 21.3 Å². The lowest BCUT2D eigenvalue weighted by molar-refractivity contribution is -0.300. The van der Waals surface area contributed by atoms with E-state index in [9.17, 15) is 90.4 Å². The van der Waals surface area contributed by atoms with Crippen molar-refractivity contribution in [3.8, 4) is 0 Å². The summed E-state index contributed by atoms with van der Waals surface area (Å²) in [5.41, 5.74) is -1.62. The molecule has 15 atom stereocenters. The molecule has 0 radical (unpaired) electrons. The van der Waals surface area contributed by atoms with Gasteiger partial charge in [-0.2, -0.15) is 0 Å². The maximum Gasteiger partial charge on any atom is 0.303 e. The number of carboxylic acid groups (broad SMARTS) is 1. The van der Waals surface area contributed by atoms with Crippen molar-refractivity contribution in [1.29, 1.82) is 0 Å². The van der Waals surface area contributed by atoms with Gasteiger partial charge in [0.15, 0.2) is 12.6 Å². The molecule has 3 aliphatic heterocycles. The van der Waals surface area contributed by atoms with Crippen LogP contribution in [-0.4, -0.2) is 291 Å². The van der Waals surface area contributed by atoms with Crippen LogP contribution in [0.15, 0.2) is 0 Å². The second kappa shape index (κ2) is 33.4. The molecule has 420 valence electrons. The molecule has 31 nitrogen and oxygen atoms in total. The number of carbonyl (C=O) groups excluding carboxylic acids is 4. The molecule has 19 N–H and O–H groups in total. The first-order chi connectivity index (χ1) is 33.8. The first-order valence-electron chi connectivity index (χ1n) is 23.0. The molecular weight excluding hydrogens is 980 g/mol. The van der Waals surface area contributed by atoms with Gasteiger partial charge in [0, 0.05) is 45.3 Å². The topological polar surface area (TPSA) is 502 Å². The Balaban J connectivity index is 0.0000178. The lowest BCUT2D eigenvalue weighted by atomic mass is 9.93. The molecule has 0 unspecified atom stereocenters. The van der Waals surface area contributed by atoms with E-state index >= 15 is 0 Å². The molecular formula is C41H74N4O27. The molecule has 3 rings (SSSR count). The third-order valence-electron chi connectivity index (χ3n) is 11.4. The molecule has 0 spiro atoms. The Kier molecular flexibility index (Phi) is 30.0. The van der Waals surface area contributed by atoms with Crippen molar-refractivity contribution in [3.05, 3.63) is 0 Å². The SMILES string of the molecule is O.O=C(O)CCC(=O)NC(COCCC(=O)NCCO[C@H]1O[C@H](CO)[C@@H](O)[C@H](O)[C@@H]1O)(COCCC(=O)NCCO[C@H]1O[C@H](CO)[C@@H](O)[C@H](O)[C@@H]1O)COCCC(=O)NCC[C@H]1O[C@H](CO)[C@@H](O)[C@H](O)[C@@H]1O. The molecule has 3 heterocycles. The highest BCUT2D eigenvalue weighted by molar-refractivity contribution is 5.81. The number of amides is 4. The van der Waals surface area contributed by atoms with Gasteiger partial charge in [-0.1, -0.05) is 0 Å². The predicted molar refractivity (Wildman–Crippen MR) is 235 cm³/mol. The summed E-state index contributed by atoms with van der Waals surface area (Å²) >= 11 is 0. The molecule has 0 aromatic carbocycles. The molecule has 31 heteroatoms. The van der Waals surface area contributed by atoms with Gasteiger partial charge in [0.1, 0.15) is 78.8 Å². The van der Waals surface area contributed by atoms with Crippen LogP contribution in [0.4, 0.5) is 0 Å². The van der Waals surface area contributed by atoms with Crippen molar-refractivity contribution in [3.63, 3.8) is 0 Å². The third-order valence-corrected chi connectivity index (χ3v) is 11.4. The van der Waals surface area contributed by atoms with Gasteiger partial charge >= 0.3 is 5.97 Å². The molecule has 3 fully saturated rings. The average Bonchev–Trinajstić information content (AvgIpc) is 3.34. The monoisotopic (exact) mass is 1050 g/mol. The largest absolute Gasteiger partial charge is 0.481 e. The maximum absolute atomic E-state index is 13.1. The average molecular weight is 1060 g/mol. The zero-order valence-electron chi connectivity index (χ0n) is 39.4. The Hall–Kier alpha value is -3.49. The second-order valence-electron chi connectivity index (χ2n) is 17.0. The first kappa shape index (κ1) is 64.6. The minimum atomic E-state index is -1.67. The van der Waals surface area contributed by atoms with E-state index in [4.69, 9.17) is 37.9 Å². The summed E-state index contributed by atoms with van der Waals surface area (Å²) in [7, 11) is 0. The number of aliphatic hydroxyl groups excluding tert-OH is 12. The van der Waals surface area contributed by atoms with E-state index in [2.05, 4.69) is 21.3 Å². The zero-order valence-corrected chi connectivity index (χ0v) is 39.4. The minimum Gasteiger partial charge on any atom is -0.481 e. The summed E-state index contributed by atoms with van der Waals surface area (Å²) < 4.78 is 44.0. The fourth-order valence-electron chi connectivity index (χ4n) is 7.29. The number of hydrogen-bond donors (Lipinski definition) is 17. The summed E-state index contributed by atoms with van der Waals surface area (Å²) in [5, 5.41) is 138. The van der Waals surface area contributed by atoms with Gasteiger partial charge in [-0.05, 0) is 6.42 Å². The molecule has 3 saturated heterocycles. The number of hydrogen-bond acceptors (Lipinski definition) is 25. The van der Waals surface area contributed by atoms with E-state index in [1.165, 1.54) is 0 Å². The van der Waals surface area contributed by atoms with Gasteiger partial charge in [0.25, 0.3) is 0 Å². The van der Waals surface area contributed by atoms with Crippen LogP contribution in [0.25, 0.3) is 0 Å². The molecule has 0 bridgehead atoms. The Morgan fingerprint density at radius 2 is 0.792 bits per heavy atom. The van der Waals surface area contributed by atoms with Gasteiger partial charge in [-0.25, -0.2) is 0 Å². The standard InChI is InChI=1S/C41H72N4O26.H2O/c46-15-22-31(56)34(59)30(55)21(69-22)3-7-42-25(49)4-10-64-18-41(45-28(52)1-2-29(53)54,19-65-11-5-26(50)43-8-13-67-39-37(62)35(60)32(57)23(16-47)70-39)20-66-12-6-27(51)44-9-14-68-40-38(63)36(61)33(58)24(17-48)71-40;/h21-24,30-40,46-48,55-63H,1-20H2,(H,42,49)(H,43,50)(H,44,51)(H,45,52)(H,53,54);1H2/t21-,22-,23-,24-,30-,31-,32-,33-,34-,35+,36+,37+,38+,39+,40+;/m1./s1. The predicted octanol–water partition coefficient (Wildman–Crippen LogP) is -10.7. The highest BCUT2D eigenvalue weighted by atomic mass is 16.7. The minimum absolute atomic E-state index is 0. The maximum atomic E-state index is 13.1. The van der Waals surface area contributed by atoms with Crippen molar-refractivity contribution in [2.75, 3.05) is 92.3 Å². The van der Waals surface area contributed by atoms with E-state index in [1.807, 2.05) is 0 Å². The normalized spacial score (nSPS) is 30.7. The van der Waals surface area contributed by atoms with Crippen LogP contribution in [0.2, 0.25) is 0 Å². The highest BCUT2D eigenvalue weighted by Gasteiger charge is 2.46. The molecule has 3 aliphatic rings. The molecule has 0 aliphatic carbocycles. The van der Waals surface area contributed by atoms with E-state index in [0.717, 1.165) is 0 Å². The fraction of sp³-hybridized carbons (Fsp3) is 0.878. The van der Waals surface area contributed by atoms with Crippen LogP contribution in [0.1, 0.15) is 38.5 Å². The molecule has 72 heavy (non-hydrogen) atoms. The summed E-state index contributed by atoms with van der Waals surface area (Å²) in [6.45, 7) is -4.75. The highest BCUT2D eigenvalue weighted by Crippen LogP contribution is 2.24. The zero-order chi connectivity index (χ0) is 52.7. The van der Waals surface area contributed by atoms with Gasteiger partial charge in [0.2, 0.25) is 23.6 Å². The Morgan fingerprint density at radius 1 is 0.431 bits per heavy atom. The van der Waals surface area contributed by atoms with Crippen LogP contribution < -0.4 is 21.3 Å². The van der Waals surface area contributed by atoms with Crippen LogP contribution in [-0.2, 0) is 61.9 Å². The van der Waals surface area contributed by atoms with E-state index < -0.39 is 180 Å². The van der Waals surface area contributed by atoms with Crippen LogP contribution in [0, 0.1) is 0 Å². The van der Waals surface area contributed by atoms with E-state index in [1.54, 1.807) is 0 Å². The molecule has 0 saturated carbocycles. The number of aliphatic carboxylic acids is 1. The van der Waals surface area contributed by atoms with Crippen molar-refractivity contribution >= 4 is 29.6 Å². The number of aliphatic hydroxyl groups is 12. The van der Waals surface area contributed by atoms with E-state index in [0.29, 0.717) is 0 Å². The van der Waals surface area contributed by atoms with Crippen molar-refractivity contribution in [2.45, 2.75) is 136 Å². The summed E-state index contributed by atoms with van der Waals surface area (Å²) in [6, 6.07) is 0. The van der Waals surface area contributed by atoms with Crippen molar-refractivity contribution < 1.29 is 134 Å². The quantitative estimate of drug-likeness (QED) is 0.0271. The second-order valence-corrected chi connectivity index (χ2v) is 17.0. The molecule has 0 aromatic rings. The summed E-state index contributed by atoms with van der Waals surface area (Å²) in [4.78, 5) is 62.3. The number of nitrogens with one attached hydrogen (secondary N) is 4. The van der Waals surface area contributed by atoms with Gasteiger partial charge in [-0.15, -0.1) is 0 Å². The van der Waals surface area contributed by atoms with Gasteiger partial charge < -0.3 is 131 Å². The number of rotatable bonds is 33. The Bertz CT molecular complexity index is 1540. The van der Waals surface area contributed by atoms with Gasteiger partial charge in [0.05, 0.1) is 85.2 Å². The third kappa shape index (κ3) is 21.0. The first-order valence-corrected chi connectivity index (χ1v) is 23.0. The summed E-state index contributed by atoms with van der Waals surface area (Å²) in [5.74, 6) is -3.68. The number of ether oxygens (including phenoxy) is 8. The Labute approximate surface area is 412 Å². The molecule has 0 aromatic heterocycles. The summed E-state index contributed by atoms with van der Waals surface area (Å²) in [6.07, 6.45) is -23.7. The lowest BCUT2D eigenvalue weighted by Crippen LogP contribution is -2.59. The smallest absolute Gasteiger partial charge is 0.303 e. The lowest BCUT2D eigenvalue weighted by Gasteiger charge is -2.40. The van der Waals surface area contributed by atoms with Crippen molar-refractivity contribution in [2.24, 2.45) is 0 Å². The number of carbonyl (C=O) groups is 5. The van der Waals surface area contributed by atoms with E-state index in [-0.39, 0.29) is 83.8 Å². The van der Waals surface area contributed by atoms with Crippen LogP contribution in [0.5, 0.6) is 0 Å². The molecule has 4 amide bonds. The van der Waals surface area contributed by atoms with Gasteiger partial charge in [-0.3, -0.25) is 24.0 Å². The Morgan fingerprint density at radius 3 is 1.18 bits per heavy atom. The van der Waals surface area contributed by atoms with Crippen LogP contribution >= 0.6 is 0 Å². The number of carboxylic acids is 1.